The lowest BCUT2D eigenvalue weighted by Gasteiger charge is -2.45. The number of benzene rings is 1. The minimum absolute atomic E-state index is 0.0565. The number of carbonyl (C=O) groups excluding carboxylic acids is 3. The second-order valence-electron chi connectivity index (χ2n) is 7.86. The van der Waals surface area contributed by atoms with Gasteiger partial charge in [-0.25, -0.2) is 0 Å². The Balaban J connectivity index is 1.92. The third-order valence-electron chi connectivity index (χ3n) is 6.42. The molecule has 0 aliphatic heterocycles. The first-order valence-electron chi connectivity index (χ1n) is 9.43. The number of carbonyl (C=O) groups is 3. The van der Waals surface area contributed by atoms with Gasteiger partial charge in [-0.15, -0.1) is 0 Å². The summed E-state index contributed by atoms with van der Waals surface area (Å²) in [5.74, 6) is -6.08. The molecule has 29 heavy (non-hydrogen) atoms. The SMILES string of the molecule is CCc1ccc(O)c2c1C[C@H]1C[C@H]3CC(O)=C(C(N)=O)C(=O)[C@@]3(O)C(O)=C1C2=O. The summed E-state index contributed by atoms with van der Waals surface area (Å²) < 4.78 is 0. The number of hydrogen-bond donors (Lipinski definition) is 5. The van der Waals surface area contributed by atoms with Gasteiger partial charge in [0.2, 0.25) is 5.78 Å². The minimum Gasteiger partial charge on any atom is -0.511 e. The van der Waals surface area contributed by atoms with Crippen molar-refractivity contribution < 1.29 is 34.8 Å². The molecule has 3 atom stereocenters. The van der Waals surface area contributed by atoms with Gasteiger partial charge in [-0.3, -0.25) is 14.4 Å². The summed E-state index contributed by atoms with van der Waals surface area (Å²) in [6.07, 6.45) is 0.898. The lowest BCUT2D eigenvalue weighted by molar-refractivity contribution is -0.144. The molecule has 3 aliphatic rings. The molecule has 0 bridgehead atoms. The van der Waals surface area contributed by atoms with Crippen molar-refractivity contribution in [2.45, 2.75) is 38.2 Å². The molecule has 0 saturated heterocycles. The summed E-state index contributed by atoms with van der Waals surface area (Å²) in [6, 6.07) is 3.15. The molecule has 0 fully saturated rings. The van der Waals surface area contributed by atoms with Crippen LogP contribution in [0.4, 0.5) is 0 Å². The number of hydrogen-bond acceptors (Lipinski definition) is 7. The number of amides is 1. The van der Waals surface area contributed by atoms with Gasteiger partial charge in [-0.1, -0.05) is 13.0 Å². The van der Waals surface area contributed by atoms with E-state index >= 15 is 0 Å². The molecule has 1 amide bonds. The number of aliphatic hydroxyl groups excluding tert-OH is 2. The highest BCUT2D eigenvalue weighted by Gasteiger charge is 2.59. The van der Waals surface area contributed by atoms with Crippen LogP contribution >= 0.6 is 0 Å². The second-order valence-corrected chi connectivity index (χ2v) is 7.86. The van der Waals surface area contributed by atoms with E-state index in [-0.39, 0.29) is 29.7 Å². The maximum atomic E-state index is 13.2. The fourth-order valence-electron chi connectivity index (χ4n) is 5.01. The highest BCUT2D eigenvalue weighted by atomic mass is 16.3. The Morgan fingerprint density at radius 2 is 1.90 bits per heavy atom. The van der Waals surface area contributed by atoms with Crippen molar-refractivity contribution in [2.75, 3.05) is 0 Å². The molecule has 0 spiro atoms. The zero-order valence-corrected chi connectivity index (χ0v) is 15.7. The van der Waals surface area contributed by atoms with Crippen molar-refractivity contribution in [3.63, 3.8) is 0 Å². The third kappa shape index (κ3) is 2.38. The topological polar surface area (TPSA) is 158 Å². The van der Waals surface area contributed by atoms with Gasteiger partial charge in [0.25, 0.3) is 5.91 Å². The molecular weight excluding hydrogens is 378 g/mol. The summed E-state index contributed by atoms with van der Waals surface area (Å²) in [4.78, 5) is 37.6. The first kappa shape index (κ1) is 19.2. The van der Waals surface area contributed by atoms with Crippen LogP contribution in [0.2, 0.25) is 0 Å². The molecule has 1 aromatic rings. The fourth-order valence-corrected chi connectivity index (χ4v) is 5.01. The van der Waals surface area contributed by atoms with Gasteiger partial charge in [0.1, 0.15) is 22.8 Å². The molecule has 0 aromatic heterocycles. The highest BCUT2D eigenvalue weighted by Crippen LogP contribution is 2.51. The van der Waals surface area contributed by atoms with E-state index in [1.54, 1.807) is 6.07 Å². The average Bonchev–Trinajstić information content (AvgIpc) is 2.64. The molecule has 3 aliphatic carbocycles. The van der Waals surface area contributed by atoms with Crippen LogP contribution in [0.1, 0.15) is 41.3 Å². The number of aryl methyl sites for hydroxylation is 1. The van der Waals surface area contributed by atoms with E-state index in [1.807, 2.05) is 6.92 Å². The minimum atomic E-state index is -2.52. The molecule has 4 rings (SSSR count). The standard InChI is InChI=1S/C21H21NO7/c1-2-8-3-4-12(23)15-11(8)6-9-5-10-7-13(24)16(20(22)28)19(27)21(10,29)18(26)14(9)17(15)25/h3-4,9-10,23-24,26,29H,2,5-7H2,1H3,(H2,22,28)/t9-,10+,21+/m1/s1. The lowest BCUT2D eigenvalue weighted by Crippen LogP contribution is -2.57. The molecule has 1 aromatic carbocycles. The Kier molecular flexibility index (Phi) is 4.09. The number of aromatic hydroxyl groups is 1. The molecule has 0 unspecified atom stereocenters. The van der Waals surface area contributed by atoms with Gasteiger partial charge in [0.15, 0.2) is 11.4 Å². The van der Waals surface area contributed by atoms with Gasteiger partial charge in [0.05, 0.1) is 5.56 Å². The average molecular weight is 399 g/mol. The zero-order valence-electron chi connectivity index (χ0n) is 15.7. The zero-order chi connectivity index (χ0) is 21.2. The summed E-state index contributed by atoms with van der Waals surface area (Å²) in [5, 5.41) is 42.4. The Hall–Kier alpha value is -3.13. The maximum absolute atomic E-state index is 13.2. The first-order chi connectivity index (χ1) is 13.6. The third-order valence-corrected chi connectivity index (χ3v) is 6.42. The van der Waals surface area contributed by atoms with E-state index in [0.717, 1.165) is 5.56 Å². The molecule has 8 nitrogen and oxygen atoms in total. The first-order valence-corrected chi connectivity index (χ1v) is 9.43. The van der Waals surface area contributed by atoms with Crippen LogP contribution in [0.25, 0.3) is 0 Å². The van der Waals surface area contributed by atoms with Crippen molar-refractivity contribution in [3.8, 4) is 5.75 Å². The van der Waals surface area contributed by atoms with Crippen molar-refractivity contribution >= 4 is 17.5 Å². The number of rotatable bonds is 2. The molecule has 0 heterocycles. The van der Waals surface area contributed by atoms with Gasteiger partial charge < -0.3 is 26.2 Å². The Morgan fingerprint density at radius 1 is 1.21 bits per heavy atom. The number of nitrogens with two attached hydrogens (primary N) is 1. The molecule has 152 valence electrons. The van der Waals surface area contributed by atoms with Crippen LogP contribution in [-0.4, -0.2) is 43.5 Å². The molecule has 0 saturated carbocycles. The number of fused-ring (bicyclic) bond motifs is 3. The molecular formula is C21H21NO7. The van der Waals surface area contributed by atoms with Crippen LogP contribution < -0.4 is 5.73 Å². The summed E-state index contributed by atoms with van der Waals surface area (Å²) >= 11 is 0. The summed E-state index contributed by atoms with van der Waals surface area (Å²) in [5.41, 5.74) is 3.37. The lowest BCUT2D eigenvalue weighted by atomic mass is 9.60. The predicted molar refractivity (Wildman–Crippen MR) is 100 cm³/mol. The van der Waals surface area contributed by atoms with E-state index in [4.69, 9.17) is 5.73 Å². The number of primary amides is 1. The van der Waals surface area contributed by atoms with Gasteiger partial charge >= 0.3 is 0 Å². The van der Waals surface area contributed by atoms with E-state index < -0.39 is 52.0 Å². The smallest absolute Gasteiger partial charge is 0.255 e. The molecule has 6 N–H and O–H groups in total. The van der Waals surface area contributed by atoms with Gasteiger partial charge in [-0.2, -0.15) is 0 Å². The largest absolute Gasteiger partial charge is 0.511 e. The Labute approximate surface area is 166 Å². The van der Waals surface area contributed by atoms with E-state index in [9.17, 15) is 34.8 Å². The van der Waals surface area contributed by atoms with Crippen LogP contribution in [0, 0.1) is 11.8 Å². The molecule has 8 heteroatoms. The predicted octanol–water partition coefficient (Wildman–Crippen LogP) is 1.14. The number of phenols is 1. The normalized spacial score (nSPS) is 28.8. The molecule has 0 radical (unpaired) electrons. The Bertz CT molecular complexity index is 1050. The van der Waals surface area contributed by atoms with E-state index in [2.05, 4.69) is 0 Å². The second kappa shape index (κ2) is 6.18. The number of Topliss-reactive ketones (excluding diaryl/α,β-unsaturated/α-hetero) is 2. The summed E-state index contributed by atoms with van der Waals surface area (Å²) in [7, 11) is 0. The maximum Gasteiger partial charge on any atom is 0.255 e. The fraction of sp³-hybridized carbons (Fsp3) is 0.381. The number of phenolic OH excluding ortho intramolecular Hbond substituents is 1. The van der Waals surface area contributed by atoms with Crippen molar-refractivity contribution in [1.82, 2.24) is 0 Å². The number of allylic oxidation sites excluding steroid dienone is 2. The van der Waals surface area contributed by atoms with Gasteiger partial charge in [-0.05, 0) is 42.4 Å². The van der Waals surface area contributed by atoms with E-state index in [0.29, 0.717) is 18.4 Å². The monoisotopic (exact) mass is 399 g/mol. The van der Waals surface area contributed by atoms with Crippen molar-refractivity contribution in [1.29, 1.82) is 0 Å². The van der Waals surface area contributed by atoms with Crippen LogP contribution in [0.5, 0.6) is 5.75 Å². The van der Waals surface area contributed by atoms with Crippen LogP contribution in [-0.2, 0) is 22.4 Å². The summed E-state index contributed by atoms with van der Waals surface area (Å²) in [6.45, 7) is 1.92. The van der Waals surface area contributed by atoms with Crippen molar-refractivity contribution in [2.24, 2.45) is 17.6 Å². The highest BCUT2D eigenvalue weighted by molar-refractivity contribution is 6.24. The van der Waals surface area contributed by atoms with E-state index in [1.165, 1.54) is 6.07 Å². The number of ketones is 2. The van der Waals surface area contributed by atoms with Crippen molar-refractivity contribution in [3.05, 3.63) is 51.5 Å². The quantitative estimate of drug-likeness (QED) is 0.466. The van der Waals surface area contributed by atoms with Gasteiger partial charge in [0, 0.05) is 17.9 Å². The van der Waals surface area contributed by atoms with Crippen LogP contribution in [0.15, 0.2) is 34.8 Å². The number of aliphatic hydroxyl groups is 3. The Morgan fingerprint density at radius 3 is 2.52 bits per heavy atom. The van der Waals surface area contributed by atoms with Crippen LogP contribution in [0.3, 0.4) is 0 Å².